The maximum atomic E-state index is 12.8. The van der Waals surface area contributed by atoms with E-state index >= 15 is 0 Å². The molecule has 7 heteroatoms. The van der Waals surface area contributed by atoms with E-state index in [-0.39, 0.29) is 22.4 Å². The third-order valence-electron chi connectivity index (χ3n) is 2.73. The summed E-state index contributed by atoms with van der Waals surface area (Å²) in [6.45, 7) is 0.144. The summed E-state index contributed by atoms with van der Waals surface area (Å²) in [7, 11) is -2.19. The third-order valence-corrected chi connectivity index (χ3v) is 4.74. The van der Waals surface area contributed by atoms with Crippen molar-refractivity contribution in [1.82, 2.24) is 9.29 Å². The fourth-order valence-electron chi connectivity index (χ4n) is 1.63. The van der Waals surface area contributed by atoms with Crippen molar-refractivity contribution < 1.29 is 12.8 Å². The molecule has 0 aliphatic heterocycles. The Morgan fingerprint density at radius 3 is 2.40 bits per heavy atom. The highest BCUT2D eigenvalue weighted by molar-refractivity contribution is 7.89. The van der Waals surface area contributed by atoms with Gasteiger partial charge in [0.1, 0.15) is 15.9 Å². The van der Waals surface area contributed by atoms with E-state index in [0.717, 1.165) is 0 Å². The molecule has 106 valence electrons. The van der Waals surface area contributed by atoms with Gasteiger partial charge in [-0.25, -0.2) is 17.8 Å². The van der Waals surface area contributed by atoms with Crippen molar-refractivity contribution in [3.8, 4) is 0 Å². The normalized spacial score (nSPS) is 11.8. The van der Waals surface area contributed by atoms with E-state index in [9.17, 15) is 12.8 Å². The fourth-order valence-corrected chi connectivity index (χ4v) is 2.84. The van der Waals surface area contributed by atoms with E-state index in [2.05, 4.69) is 4.98 Å². The van der Waals surface area contributed by atoms with Crippen LogP contribution in [0.5, 0.6) is 0 Å². The highest BCUT2D eigenvalue weighted by atomic mass is 35.5. The molecule has 0 radical (unpaired) electrons. The average Bonchev–Trinajstić information content (AvgIpc) is 2.42. The molecule has 1 aromatic carbocycles. The molecule has 0 unspecified atom stereocenters. The Hall–Kier alpha value is -1.50. The summed E-state index contributed by atoms with van der Waals surface area (Å²) in [5.41, 5.74) is 0.694. The number of nitrogens with zero attached hydrogens (tertiary/aromatic N) is 2. The standard InChI is InChI=1S/C13H12ClFN2O2S/c1-17(9-10-2-4-11(15)5-3-10)20(18,19)12-6-7-13(14)16-8-12/h2-8H,9H2,1H3. The van der Waals surface area contributed by atoms with E-state index in [0.29, 0.717) is 5.56 Å². The second-order valence-electron chi connectivity index (χ2n) is 4.20. The number of sulfonamides is 1. The predicted molar refractivity (Wildman–Crippen MR) is 74.3 cm³/mol. The molecule has 1 heterocycles. The van der Waals surface area contributed by atoms with Crippen molar-refractivity contribution in [2.75, 3.05) is 7.05 Å². The number of hydrogen-bond acceptors (Lipinski definition) is 3. The van der Waals surface area contributed by atoms with Gasteiger partial charge in [0, 0.05) is 19.8 Å². The molecule has 1 aromatic heterocycles. The van der Waals surface area contributed by atoms with Gasteiger partial charge in [-0.05, 0) is 29.8 Å². The zero-order valence-electron chi connectivity index (χ0n) is 10.6. The van der Waals surface area contributed by atoms with E-state index in [1.807, 2.05) is 0 Å². The van der Waals surface area contributed by atoms with Crippen molar-refractivity contribution in [3.63, 3.8) is 0 Å². The Kier molecular flexibility index (Phi) is 4.37. The highest BCUT2D eigenvalue weighted by Crippen LogP contribution is 2.17. The molecule has 0 saturated carbocycles. The topological polar surface area (TPSA) is 50.3 Å². The second kappa shape index (κ2) is 5.87. The van der Waals surface area contributed by atoms with Crippen molar-refractivity contribution in [3.05, 3.63) is 59.1 Å². The third kappa shape index (κ3) is 3.33. The monoisotopic (exact) mass is 314 g/mol. The van der Waals surface area contributed by atoms with Crippen LogP contribution < -0.4 is 0 Å². The van der Waals surface area contributed by atoms with E-state index in [1.54, 1.807) is 12.1 Å². The lowest BCUT2D eigenvalue weighted by Gasteiger charge is -2.17. The molecule has 0 fully saturated rings. The molecule has 0 aliphatic carbocycles. The van der Waals surface area contributed by atoms with Gasteiger partial charge in [0.05, 0.1) is 0 Å². The van der Waals surface area contributed by atoms with Crippen LogP contribution in [0.4, 0.5) is 4.39 Å². The Morgan fingerprint density at radius 2 is 1.85 bits per heavy atom. The SMILES string of the molecule is CN(Cc1ccc(F)cc1)S(=O)(=O)c1ccc(Cl)nc1. The van der Waals surface area contributed by atoms with Crippen molar-refractivity contribution >= 4 is 21.6 Å². The largest absolute Gasteiger partial charge is 0.244 e. The number of aromatic nitrogens is 1. The molecule has 0 bridgehead atoms. The van der Waals surface area contributed by atoms with Gasteiger partial charge < -0.3 is 0 Å². The lowest BCUT2D eigenvalue weighted by atomic mass is 10.2. The molecule has 0 saturated heterocycles. The van der Waals surface area contributed by atoms with Gasteiger partial charge in [0.15, 0.2) is 0 Å². The van der Waals surface area contributed by atoms with Gasteiger partial charge in [-0.2, -0.15) is 4.31 Å². The first-order valence-corrected chi connectivity index (χ1v) is 7.54. The zero-order chi connectivity index (χ0) is 14.8. The summed E-state index contributed by atoms with van der Waals surface area (Å²) in [5, 5.41) is 0.227. The van der Waals surface area contributed by atoms with Crippen LogP contribution in [-0.4, -0.2) is 24.8 Å². The van der Waals surface area contributed by atoms with Crippen LogP contribution in [0, 0.1) is 5.82 Å². The quantitative estimate of drug-likeness (QED) is 0.815. The molecule has 4 nitrogen and oxygen atoms in total. The number of hydrogen-bond donors (Lipinski definition) is 0. The first-order valence-electron chi connectivity index (χ1n) is 5.72. The van der Waals surface area contributed by atoms with Gasteiger partial charge in [-0.15, -0.1) is 0 Å². The lowest BCUT2D eigenvalue weighted by Crippen LogP contribution is -2.26. The van der Waals surface area contributed by atoms with Crippen LogP contribution in [-0.2, 0) is 16.6 Å². The van der Waals surface area contributed by atoms with Crippen molar-refractivity contribution in [2.45, 2.75) is 11.4 Å². The molecule has 0 amide bonds. The number of rotatable bonds is 4. The summed E-state index contributed by atoms with van der Waals surface area (Å²) < 4.78 is 38.5. The molecule has 0 aliphatic rings. The second-order valence-corrected chi connectivity index (χ2v) is 6.64. The summed E-state index contributed by atoms with van der Waals surface area (Å²) >= 11 is 5.63. The summed E-state index contributed by atoms with van der Waals surface area (Å²) in [6, 6.07) is 8.48. The fraction of sp³-hybridized carbons (Fsp3) is 0.154. The van der Waals surface area contributed by atoms with E-state index in [4.69, 9.17) is 11.6 Å². The van der Waals surface area contributed by atoms with E-state index < -0.39 is 10.0 Å². The Morgan fingerprint density at radius 1 is 1.20 bits per heavy atom. The Balaban J connectivity index is 2.21. The van der Waals surface area contributed by atoms with Crippen LogP contribution in [0.25, 0.3) is 0 Å². The van der Waals surface area contributed by atoms with Crippen molar-refractivity contribution in [1.29, 1.82) is 0 Å². The zero-order valence-corrected chi connectivity index (χ0v) is 12.2. The highest BCUT2D eigenvalue weighted by Gasteiger charge is 2.21. The molecule has 2 aromatic rings. The van der Waals surface area contributed by atoms with Gasteiger partial charge in [0.25, 0.3) is 0 Å². The maximum Gasteiger partial charge on any atom is 0.244 e. The van der Waals surface area contributed by atoms with Gasteiger partial charge >= 0.3 is 0 Å². The molecular formula is C13H12ClFN2O2S. The first-order chi connectivity index (χ1) is 9.39. The van der Waals surface area contributed by atoms with Crippen LogP contribution >= 0.6 is 11.6 Å². The van der Waals surface area contributed by atoms with Crippen LogP contribution in [0.1, 0.15) is 5.56 Å². The Bertz CT molecular complexity index is 687. The molecule has 0 N–H and O–H groups in total. The summed E-state index contributed by atoms with van der Waals surface area (Å²) in [5.74, 6) is -0.360. The molecular weight excluding hydrogens is 303 g/mol. The molecule has 0 atom stereocenters. The first kappa shape index (κ1) is 14.9. The molecule has 20 heavy (non-hydrogen) atoms. The maximum absolute atomic E-state index is 12.8. The Labute approximate surface area is 121 Å². The van der Waals surface area contributed by atoms with Crippen LogP contribution in [0.2, 0.25) is 5.15 Å². The number of halogens is 2. The van der Waals surface area contributed by atoms with Gasteiger partial charge in [-0.1, -0.05) is 23.7 Å². The van der Waals surface area contributed by atoms with Crippen LogP contribution in [0.3, 0.4) is 0 Å². The van der Waals surface area contributed by atoms with Crippen molar-refractivity contribution in [2.24, 2.45) is 0 Å². The number of benzene rings is 1. The van der Waals surface area contributed by atoms with Gasteiger partial charge in [0.2, 0.25) is 10.0 Å². The number of pyridine rings is 1. The van der Waals surface area contributed by atoms with Crippen LogP contribution in [0.15, 0.2) is 47.5 Å². The summed E-state index contributed by atoms with van der Waals surface area (Å²) in [6.07, 6.45) is 1.21. The summed E-state index contributed by atoms with van der Waals surface area (Å²) in [4.78, 5) is 3.82. The average molecular weight is 315 g/mol. The minimum absolute atomic E-state index is 0.0616. The minimum atomic E-state index is -3.65. The smallest absolute Gasteiger partial charge is 0.243 e. The predicted octanol–water partition coefficient (Wildman–Crippen LogP) is 2.69. The molecule has 0 spiro atoms. The van der Waals surface area contributed by atoms with Gasteiger partial charge in [-0.3, -0.25) is 0 Å². The molecule has 2 rings (SSSR count). The minimum Gasteiger partial charge on any atom is -0.243 e. The lowest BCUT2D eigenvalue weighted by molar-refractivity contribution is 0.466. The van der Waals surface area contributed by atoms with E-state index in [1.165, 1.54) is 41.8 Å².